The lowest BCUT2D eigenvalue weighted by atomic mass is 10.2. The molecule has 1 aromatic carbocycles. The van der Waals surface area contributed by atoms with Crippen LogP contribution in [0.15, 0.2) is 24.3 Å². The molecule has 0 radical (unpaired) electrons. The van der Waals surface area contributed by atoms with Crippen LogP contribution in [0, 0.1) is 5.82 Å². The van der Waals surface area contributed by atoms with E-state index in [1.165, 1.54) is 18.2 Å². The third-order valence-corrected chi connectivity index (χ3v) is 6.66. The van der Waals surface area contributed by atoms with Crippen molar-refractivity contribution in [2.45, 2.75) is 12.5 Å². The van der Waals surface area contributed by atoms with Gasteiger partial charge in [-0.1, -0.05) is 12.1 Å². The predicted octanol–water partition coefficient (Wildman–Crippen LogP) is -0.113. The van der Waals surface area contributed by atoms with Crippen molar-refractivity contribution in [2.75, 3.05) is 44.2 Å². The third kappa shape index (κ3) is 4.39. The van der Waals surface area contributed by atoms with Gasteiger partial charge >= 0.3 is 0 Å². The molecule has 1 aromatic rings. The van der Waals surface area contributed by atoms with Crippen molar-refractivity contribution in [1.82, 2.24) is 15.1 Å². The highest BCUT2D eigenvalue weighted by Gasteiger charge is 2.34. The zero-order chi connectivity index (χ0) is 18.7. The number of hydrogen-bond acceptors (Lipinski definition) is 5. The molecular weight excluding hydrogens is 361 g/mol. The highest BCUT2D eigenvalue weighted by atomic mass is 32.2. The van der Waals surface area contributed by atoms with Crippen LogP contribution in [0.25, 0.3) is 0 Å². The Bertz CT molecular complexity index is 791. The summed E-state index contributed by atoms with van der Waals surface area (Å²) in [6.07, 6.45) is 0.648. The van der Waals surface area contributed by atoms with E-state index in [0.29, 0.717) is 32.6 Å². The van der Waals surface area contributed by atoms with Gasteiger partial charge in [-0.2, -0.15) is 0 Å². The predicted molar refractivity (Wildman–Crippen MR) is 93.9 cm³/mol. The molecule has 9 heteroatoms. The van der Waals surface area contributed by atoms with Crippen LogP contribution < -0.4 is 5.32 Å². The van der Waals surface area contributed by atoms with Crippen LogP contribution in [0.2, 0.25) is 0 Å². The summed E-state index contributed by atoms with van der Waals surface area (Å²) in [6, 6.07) is 5.65. The summed E-state index contributed by atoms with van der Waals surface area (Å²) >= 11 is 0. The van der Waals surface area contributed by atoms with Gasteiger partial charge in [0.2, 0.25) is 5.91 Å². The van der Waals surface area contributed by atoms with E-state index in [-0.39, 0.29) is 35.6 Å². The molecule has 2 saturated heterocycles. The number of piperazine rings is 1. The monoisotopic (exact) mass is 383 g/mol. The Kier molecular flexibility index (Phi) is 5.57. The molecular formula is C17H22FN3O4S. The van der Waals surface area contributed by atoms with Crippen molar-refractivity contribution in [2.24, 2.45) is 0 Å². The van der Waals surface area contributed by atoms with Crippen molar-refractivity contribution < 1.29 is 22.4 Å². The van der Waals surface area contributed by atoms with Crippen LogP contribution in [-0.2, 0) is 14.6 Å². The van der Waals surface area contributed by atoms with Gasteiger partial charge in [0.1, 0.15) is 5.82 Å². The van der Waals surface area contributed by atoms with E-state index in [1.54, 1.807) is 11.0 Å². The second-order valence-electron chi connectivity index (χ2n) is 6.64. The molecule has 2 amide bonds. The summed E-state index contributed by atoms with van der Waals surface area (Å²) < 4.78 is 36.7. The van der Waals surface area contributed by atoms with Gasteiger partial charge in [-0.15, -0.1) is 0 Å². The molecule has 2 heterocycles. The highest BCUT2D eigenvalue weighted by Crippen LogP contribution is 2.19. The number of rotatable bonds is 4. The Morgan fingerprint density at radius 2 is 1.85 bits per heavy atom. The minimum Gasteiger partial charge on any atom is -0.343 e. The second-order valence-corrected chi connectivity index (χ2v) is 8.86. The van der Waals surface area contributed by atoms with E-state index >= 15 is 0 Å². The van der Waals surface area contributed by atoms with Crippen LogP contribution in [-0.4, -0.2) is 80.3 Å². The molecule has 0 aliphatic carbocycles. The minimum absolute atomic E-state index is 0.0398. The Hall–Kier alpha value is -2.00. The summed E-state index contributed by atoms with van der Waals surface area (Å²) in [6.45, 7) is 2.03. The maximum absolute atomic E-state index is 13.6. The van der Waals surface area contributed by atoms with E-state index in [1.807, 2.05) is 0 Å². The van der Waals surface area contributed by atoms with Crippen LogP contribution in [0.5, 0.6) is 0 Å². The van der Waals surface area contributed by atoms with Gasteiger partial charge in [-0.3, -0.25) is 14.5 Å². The fraction of sp³-hybridized carbons (Fsp3) is 0.529. The van der Waals surface area contributed by atoms with Gasteiger partial charge in [-0.25, -0.2) is 12.8 Å². The highest BCUT2D eigenvalue weighted by molar-refractivity contribution is 7.91. The smallest absolute Gasteiger partial charge is 0.254 e. The lowest BCUT2D eigenvalue weighted by Gasteiger charge is -2.37. The molecule has 2 aliphatic heterocycles. The van der Waals surface area contributed by atoms with Gasteiger partial charge in [0, 0.05) is 32.2 Å². The van der Waals surface area contributed by atoms with Crippen molar-refractivity contribution in [3.05, 3.63) is 35.6 Å². The van der Waals surface area contributed by atoms with Gasteiger partial charge in [0.15, 0.2) is 9.84 Å². The normalized spacial score (nSPS) is 23.0. The molecule has 0 spiro atoms. The summed E-state index contributed by atoms with van der Waals surface area (Å²) in [7, 11) is -2.92. The first kappa shape index (κ1) is 18.8. The molecule has 0 unspecified atom stereocenters. The molecule has 2 aliphatic rings. The second kappa shape index (κ2) is 7.71. The molecule has 1 N–H and O–H groups in total. The number of sulfone groups is 1. The maximum Gasteiger partial charge on any atom is 0.254 e. The zero-order valence-corrected chi connectivity index (χ0v) is 15.2. The molecule has 0 bridgehead atoms. The van der Waals surface area contributed by atoms with Gasteiger partial charge in [0.25, 0.3) is 5.91 Å². The average Bonchev–Trinajstić information content (AvgIpc) is 3.00. The molecule has 26 heavy (non-hydrogen) atoms. The number of halogens is 1. The van der Waals surface area contributed by atoms with E-state index in [9.17, 15) is 22.4 Å². The zero-order valence-electron chi connectivity index (χ0n) is 14.4. The van der Waals surface area contributed by atoms with Gasteiger partial charge in [0.05, 0.1) is 23.6 Å². The van der Waals surface area contributed by atoms with Crippen molar-refractivity contribution in [3.63, 3.8) is 0 Å². The Balaban J connectivity index is 1.45. The lowest BCUT2D eigenvalue weighted by molar-refractivity contribution is -0.132. The molecule has 0 aromatic heterocycles. The molecule has 0 saturated carbocycles. The van der Waals surface area contributed by atoms with Crippen LogP contribution in [0.1, 0.15) is 16.8 Å². The Morgan fingerprint density at radius 3 is 2.46 bits per heavy atom. The average molecular weight is 383 g/mol. The van der Waals surface area contributed by atoms with E-state index < -0.39 is 21.6 Å². The number of hydrogen-bond donors (Lipinski definition) is 1. The van der Waals surface area contributed by atoms with Gasteiger partial charge in [-0.05, 0) is 18.6 Å². The SMILES string of the molecule is O=C(NCC(=O)N1CCN([C@@H]2CCS(=O)(=O)C2)CC1)c1ccccc1F. The summed E-state index contributed by atoms with van der Waals surface area (Å²) in [4.78, 5) is 28.0. The number of amides is 2. The first-order valence-electron chi connectivity index (χ1n) is 8.61. The van der Waals surface area contributed by atoms with Gasteiger partial charge < -0.3 is 10.2 Å². The molecule has 2 fully saturated rings. The fourth-order valence-electron chi connectivity index (χ4n) is 3.41. The van der Waals surface area contributed by atoms with Crippen LogP contribution >= 0.6 is 0 Å². The van der Waals surface area contributed by atoms with Crippen molar-refractivity contribution in [1.29, 1.82) is 0 Å². The number of nitrogens with zero attached hydrogens (tertiary/aromatic N) is 2. The van der Waals surface area contributed by atoms with Crippen molar-refractivity contribution in [3.8, 4) is 0 Å². The summed E-state index contributed by atoms with van der Waals surface area (Å²) in [5.74, 6) is -1.05. The Labute approximate surface area is 152 Å². The number of benzene rings is 1. The first-order valence-corrected chi connectivity index (χ1v) is 10.4. The Morgan fingerprint density at radius 1 is 1.15 bits per heavy atom. The third-order valence-electron chi connectivity index (χ3n) is 4.91. The molecule has 142 valence electrons. The van der Waals surface area contributed by atoms with E-state index in [2.05, 4.69) is 10.2 Å². The van der Waals surface area contributed by atoms with E-state index in [4.69, 9.17) is 0 Å². The van der Waals surface area contributed by atoms with Crippen molar-refractivity contribution >= 4 is 21.7 Å². The molecule has 7 nitrogen and oxygen atoms in total. The van der Waals surface area contributed by atoms with Crippen LogP contribution in [0.4, 0.5) is 4.39 Å². The quantitative estimate of drug-likeness (QED) is 0.784. The number of carbonyl (C=O) groups is 2. The number of nitrogens with one attached hydrogen (secondary N) is 1. The fourth-order valence-corrected chi connectivity index (χ4v) is 5.17. The molecule has 3 rings (SSSR count). The number of carbonyl (C=O) groups excluding carboxylic acids is 2. The molecule has 1 atom stereocenters. The van der Waals surface area contributed by atoms with Crippen LogP contribution in [0.3, 0.4) is 0 Å². The maximum atomic E-state index is 13.6. The van der Waals surface area contributed by atoms with E-state index in [0.717, 1.165) is 0 Å². The standard InChI is InChI=1S/C17H22FN3O4S/c18-15-4-2-1-3-14(15)17(23)19-11-16(22)21-8-6-20(7-9-21)13-5-10-26(24,25)12-13/h1-4,13H,5-12H2,(H,19,23)/t13-/m1/s1. The topological polar surface area (TPSA) is 86.8 Å². The largest absolute Gasteiger partial charge is 0.343 e. The summed E-state index contributed by atoms with van der Waals surface area (Å²) in [5.41, 5.74) is -0.0902. The lowest BCUT2D eigenvalue weighted by Crippen LogP contribution is -2.54. The minimum atomic E-state index is -2.92. The first-order chi connectivity index (χ1) is 12.4. The summed E-state index contributed by atoms with van der Waals surface area (Å²) in [5, 5.41) is 2.45.